The molecule has 0 amide bonds. The number of benzene rings is 1. The molecular weight excluding hydrogens is 288 g/mol. The third kappa shape index (κ3) is 2.46. The molecule has 3 heteroatoms. The van der Waals surface area contributed by atoms with Crippen LogP contribution >= 0.6 is 11.3 Å². The third-order valence-corrected chi connectivity index (χ3v) is 5.65. The van der Waals surface area contributed by atoms with Crippen LogP contribution in [0.4, 0.5) is 0 Å². The molecule has 0 aliphatic rings. The molecule has 3 aromatic rings. The molecule has 3 rings (SSSR count). The lowest BCUT2D eigenvalue weighted by molar-refractivity contribution is 0.632. The van der Waals surface area contributed by atoms with E-state index in [0.29, 0.717) is 5.70 Å². The topological polar surface area (TPSA) is 41.8 Å². The largest absolute Gasteiger partial charge is 0.402 e. The van der Waals surface area contributed by atoms with Crippen LogP contribution in [0.1, 0.15) is 29.9 Å². The van der Waals surface area contributed by atoms with Crippen molar-refractivity contribution >= 4 is 21.6 Å². The zero-order chi connectivity index (χ0) is 16.1. The molecule has 0 saturated heterocycles. The molecular formula is C19H22N2S. The Morgan fingerprint density at radius 1 is 1.09 bits per heavy atom. The van der Waals surface area contributed by atoms with Gasteiger partial charge in [0.2, 0.25) is 0 Å². The Hall–Kier alpha value is -2.00. The van der Waals surface area contributed by atoms with Gasteiger partial charge in [-0.2, -0.15) is 0 Å². The molecule has 0 fully saturated rings. The number of nitrogens with one attached hydrogen (secondary N) is 1. The standard InChI is InChI=1S/C19H22N2S/c1-11-6-12(2)8-14(7-11)16-9-15-10-17(22-18(15)21-16)19(4,5)13(3)20/h6-10,21H,3,20H2,1-2,4-5H3. The molecule has 0 bridgehead atoms. The van der Waals surface area contributed by atoms with Gasteiger partial charge in [0.15, 0.2) is 0 Å². The summed E-state index contributed by atoms with van der Waals surface area (Å²) in [7, 11) is 0. The number of fused-ring (bicyclic) bond motifs is 1. The number of aromatic amines is 1. The average molecular weight is 310 g/mol. The maximum atomic E-state index is 5.95. The maximum absolute atomic E-state index is 5.95. The monoisotopic (exact) mass is 310 g/mol. The maximum Gasteiger partial charge on any atom is 0.100 e. The number of H-pyrrole nitrogens is 1. The van der Waals surface area contributed by atoms with E-state index < -0.39 is 0 Å². The highest BCUT2D eigenvalue weighted by molar-refractivity contribution is 7.18. The fourth-order valence-electron chi connectivity index (χ4n) is 2.68. The summed E-state index contributed by atoms with van der Waals surface area (Å²) < 4.78 is 0. The van der Waals surface area contributed by atoms with Gasteiger partial charge in [-0.3, -0.25) is 0 Å². The van der Waals surface area contributed by atoms with Gasteiger partial charge in [0.25, 0.3) is 0 Å². The number of aryl methyl sites for hydroxylation is 2. The van der Waals surface area contributed by atoms with Crippen LogP contribution in [0.25, 0.3) is 21.5 Å². The lowest BCUT2D eigenvalue weighted by Crippen LogP contribution is -2.23. The number of thiophene rings is 1. The van der Waals surface area contributed by atoms with Gasteiger partial charge < -0.3 is 10.7 Å². The Balaban J connectivity index is 2.05. The molecule has 2 aromatic heterocycles. The van der Waals surface area contributed by atoms with Crippen molar-refractivity contribution in [2.45, 2.75) is 33.1 Å². The van der Waals surface area contributed by atoms with E-state index in [1.165, 1.54) is 37.5 Å². The Bertz CT molecular complexity index is 813. The summed E-state index contributed by atoms with van der Waals surface area (Å²) in [5.41, 5.74) is 11.4. The lowest BCUT2D eigenvalue weighted by atomic mass is 9.88. The van der Waals surface area contributed by atoms with Gasteiger partial charge in [0, 0.05) is 27.1 Å². The van der Waals surface area contributed by atoms with Crippen molar-refractivity contribution in [2.75, 3.05) is 0 Å². The molecule has 0 atom stereocenters. The van der Waals surface area contributed by atoms with E-state index in [4.69, 9.17) is 5.73 Å². The van der Waals surface area contributed by atoms with Gasteiger partial charge in [-0.1, -0.05) is 23.8 Å². The number of rotatable bonds is 3. The van der Waals surface area contributed by atoms with Crippen LogP contribution in [-0.2, 0) is 5.41 Å². The summed E-state index contributed by atoms with van der Waals surface area (Å²) in [6, 6.07) is 11.1. The molecule has 0 radical (unpaired) electrons. The van der Waals surface area contributed by atoms with Gasteiger partial charge in [-0.25, -0.2) is 0 Å². The van der Waals surface area contributed by atoms with E-state index in [1.54, 1.807) is 11.3 Å². The van der Waals surface area contributed by atoms with Crippen molar-refractivity contribution in [3.05, 3.63) is 58.6 Å². The first-order chi connectivity index (χ1) is 10.3. The van der Waals surface area contributed by atoms with E-state index in [2.05, 4.69) is 69.6 Å². The van der Waals surface area contributed by atoms with E-state index in [9.17, 15) is 0 Å². The second-order valence-corrected chi connectivity index (χ2v) is 7.66. The Kier molecular flexibility index (Phi) is 3.41. The summed E-state index contributed by atoms with van der Waals surface area (Å²) in [6.45, 7) is 12.4. The number of hydrogen-bond acceptors (Lipinski definition) is 2. The molecule has 114 valence electrons. The van der Waals surface area contributed by atoms with Gasteiger partial charge >= 0.3 is 0 Å². The first kappa shape index (κ1) is 14.9. The Morgan fingerprint density at radius 3 is 2.27 bits per heavy atom. The number of hydrogen-bond donors (Lipinski definition) is 2. The fourth-order valence-corrected chi connectivity index (χ4v) is 3.86. The predicted octanol–water partition coefficient (Wildman–Crippen LogP) is 5.26. The minimum atomic E-state index is -0.190. The molecule has 3 N–H and O–H groups in total. The van der Waals surface area contributed by atoms with Crippen LogP contribution < -0.4 is 5.73 Å². The summed E-state index contributed by atoms with van der Waals surface area (Å²) >= 11 is 1.76. The molecule has 2 heterocycles. The second-order valence-electron chi connectivity index (χ2n) is 6.60. The fraction of sp³-hybridized carbons (Fsp3) is 0.263. The zero-order valence-electron chi connectivity index (χ0n) is 13.6. The van der Waals surface area contributed by atoms with Gasteiger partial charge in [-0.15, -0.1) is 11.3 Å². The van der Waals surface area contributed by atoms with Crippen LogP contribution in [0, 0.1) is 13.8 Å². The van der Waals surface area contributed by atoms with Crippen molar-refractivity contribution in [3.63, 3.8) is 0 Å². The number of allylic oxidation sites excluding steroid dienone is 1. The van der Waals surface area contributed by atoms with Crippen molar-refractivity contribution in [2.24, 2.45) is 5.73 Å². The van der Waals surface area contributed by atoms with Crippen molar-refractivity contribution in [1.82, 2.24) is 4.98 Å². The minimum absolute atomic E-state index is 0.190. The Morgan fingerprint density at radius 2 is 1.73 bits per heavy atom. The van der Waals surface area contributed by atoms with Gasteiger partial charge in [0.05, 0.1) is 0 Å². The van der Waals surface area contributed by atoms with E-state index >= 15 is 0 Å². The first-order valence-corrected chi connectivity index (χ1v) is 8.25. The van der Waals surface area contributed by atoms with Crippen molar-refractivity contribution < 1.29 is 0 Å². The first-order valence-electron chi connectivity index (χ1n) is 7.44. The third-order valence-electron chi connectivity index (χ3n) is 4.26. The van der Waals surface area contributed by atoms with Crippen molar-refractivity contribution in [3.8, 4) is 11.3 Å². The van der Waals surface area contributed by atoms with Crippen LogP contribution in [0.3, 0.4) is 0 Å². The summed E-state index contributed by atoms with van der Waals surface area (Å²) in [6.07, 6.45) is 0. The molecule has 2 nitrogen and oxygen atoms in total. The highest BCUT2D eigenvalue weighted by Gasteiger charge is 2.25. The highest BCUT2D eigenvalue weighted by atomic mass is 32.1. The Labute approximate surface area is 135 Å². The molecule has 0 aliphatic heterocycles. The van der Waals surface area contributed by atoms with Crippen LogP contribution in [0.5, 0.6) is 0 Å². The molecule has 0 aliphatic carbocycles. The van der Waals surface area contributed by atoms with Gasteiger partial charge in [-0.05, 0) is 57.5 Å². The summed E-state index contributed by atoms with van der Waals surface area (Å²) in [5, 5.41) is 1.24. The molecule has 0 unspecified atom stereocenters. The van der Waals surface area contributed by atoms with Crippen LogP contribution in [0.15, 0.2) is 42.6 Å². The van der Waals surface area contributed by atoms with E-state index in [0.717, 1.165) is 0 Å². The molecule has 22 heavy (non-hydrogen) atoms. The molecule has 0 spiro atoms. The van der Waals surface area contributed by atoms with E-state index in [1.807, 2.05) is 0 Å². The number of aromatic nitrogens is 1. The normalized spacial score (nSPS) is 12.0. The molecule has 1 aromatic carbocycles. The quantitative estimate of drug-likeness (QED) is 0.680. The summed E-state index contributed by atoms with van der Waals surface area (Å²) in [4.78, 5) is 5.98. The van der Waals surface area contributed by atoms with Gasteiger partial charge in [0.1, 0.15) is 4.83 Å². The second kappa shape index (κ2) is 5.03. The zero-order valence-corrected chi connectivity index (χ0v) is 14.4. The SMILES string of the molecule is C=C(N)C(C)(C)c1cc2cc(-c3cc(C)cc(C)c3)[nH]c2s1. The minimum Gasteiger partial charge on any atom is -0.402 e. The number of nitrogens with two attached hydrogens (primary N) is 1. The summed E-state index contributed by atoms with van der Waals surface area (Å²) in [5.74, 6) is 0. The lowest BCUT2D eigenvalue weighted by Gasteiger charge is -2.22. The van der Waals surface area contributed by atoms with Crippen LogP contribution in [-0.4, -0.2) is 4.98 Å². The predicted molar refractivity (Wildman–Crippen MR) is 97.4 cm³/mol. The van der Waals surface area contributed by atoms with Crippen molar-refractivity contribution in [1.29, 1.82) is 0 Å². The highest BCUT2D eigenvalue weighted by Crippen LogP contribution is 2.38. The average Bonchev–Trinajstić information content (AvgIpc) is 2.95. The molecule has 0 saturated carbocycles. The smallest absolute Gasteiger partial charge is 0.100 e. The van der Waals surface area contributed by atoms with E-state index in [-0.39, 0.29) is 5.41 Å². The van der Waals surface area contributed by atoms with Crippen LogP contribution in [0.2, 0.25) is 0 Å².